The molecule has 0 aromatic heterocycles. The molecule has 1 atom stereocenters. The maximum Gasteiger partial charge on any atom is 0.338 e. The van der Waals surface area contributed by atoms with Crippen molar-refractivity contribution in [2.24, 2.45) is 0 Å². The van der Waals surface area contributed by atoms with Crippen molar-refractivity contribution in [3.8, 4) is 0 Å². The standard InChI is InChI=1S/C18H16N2O5/c1-25-18(22)14-9-13(10-15(11-14)20(23)24)17(21)19-8-7-16(19)12-5-3-2-4-6-12/h2-6,9-11,16H,7-8H2,1H3/t16-/m1/s1. The Morgan fingerprint density at radius 1 is 1.16 bits per heavy atom. The lowest BCUT2D eigenvalue weighted by molar-refractivity contribution is -0.384. The Morgan fingerprint density at radius 2 is 1.84 bits per heavy atom. The lowest BCUT2D eigenvalue weighted by atomic mass is 9.93. The lowest BCUT2D eigenvalue weighted by Crippen LogP contribution is -2.45. The van der Waals surface area contributed by atoms with E-state index < -0.39 is 10.9 Å². The van der Waals surface area contributed by atoms with Crippen LogP contribution in [0.25, 0.3) is 0 Å². The van der Waals surface area contributed by atoms with Crippen LogP contribution in [-0.4, -0.2) is 35.4 Å². The number of esters is 1. The number of hydrogen-bond donors (Lipinski definition) is 0. The Balaban J connectivity index is 1.92. The quantitative estimate of drug-likeness (QED) is 0.485. The van der Waals surface area contributed by atoms with E-state index in [1.54, 1.807) is 4.90 Å². The molecule has 0 bridgehead atoms. The van der Waals surface area contributed by atoms with Crippen molar-refractivity contribution in [3.63, 3.8) is 0 Å². The number of ether oxygens (including phenoxy) is 1. The third-order valence-electron chi connectivity index (χ3n) is 4.26. The van der Waals surface area contributed by atoms with Gasteiger partial charge < -0.3 is 9.64 Å². The number of likely N-dealkylation sites (tertiary alicyclic amines) is 1. The molecule has 1 aliphatic heterocycles. The summed E-state index contributed by atoms with van der Waals surface area (Å²) in [4.78, 5) is 36.7. The monoisotopic (exact) mass is 340 g/mol. The summed E-state index contributed by atoms with van der Waals surface area (Å²) in [6.07, 6.45) is 0.828. The van der Waals surface area contributed by atoms with Crippen LogP contribution in [0.15, 0.2) is 48.5 Å². The van der Waals surface area contributed by atoms with E-state index >= 15 is 0 Å². The third-order valence-corrected chi connectivity index (χ3v) is 4.26. The highest BCUT2D eigenvalue weighted by Gasteiger charge is 2.34. The van der Waals surface area contributed by atoms with E-state index in [-0.39, 0.29) is 28.8 Å². The summed E-state index contributed by atoms with van der Waals surface area (Å²) in [5.74, 6) is -1.06. The number of nitrogens with zero attached hydrogens (tertiary/aromatic N) is 2. The number of carbonyl (C=O) groups is 2. The first-order valence-corrected chi connectivity index (χ1v) is 7.75. The SMILES string of the molecule is COC(=O)c1cc(C(=O)N2CC[C@@H]2c2ccccc2)cc([N+](=O)[O-])c1. The van der Waals surface area contributed by atoms with Crippen LogP contribution in [0.3, 0.4) is 0 Å². The first-order chi connectivity index (χ1) is 12.0. The van der Waals surface area contributed by atoms with Gasteiger partial charge in [-0.15, -0.1) is 0 Å². The number of carbonyl (C=O) groups excluding carboxylic acids is 2. The summed E-state index contributed by atoms with van der Waals surface area (Å²) in [5.41, 5.74) is 0.788. The zero-order valence-electron chi connectivity index (χ0n) is 13.5. The molecule has 1 aliphatic rings. The molecular weight excluding hydrogens is 324 g/mol. The smallest absolute Gasteiger partial charge is 0.338 e. The second-order valence-corrected chi connectivity index (χ2v) is 5.73. The molecule has 1 amide bonds. The number of nitro groups is 1. The van der Waals surface area contributed by atoms with Crippen molar-refractivity contribution in [2.45, 2.75) is 12.5 Å². The zero-order valence-corrected chi connectivity index (χ0v) is 13.5. The second kappa shape index (κ2) is 6.72. The Labute approximate surface area is 144 Å². The van der Waals surface area contributed by atoms with Gasteiger partial charge in [0.2, 0.25) is 0 Å². The van der Waals surface area contributed by atoms with Crippen LogP contribution in [0.2, 0.25) is 0 Å². The first kappa shape index (κ1) is 16.6. The molecule has 2 aromatic rings. The third kappa shape index (κ3) is 3.21. The van der Waals surface area contributed by atoms with Gasteiger partial charge in [0.25, 0.3) is 11.6 Å². The molecule has 7 heteroatoms. The van der Waals surface area contributed by atoms with Crippen LogP contribution in [0.1, 0.15) is 38.7 Å². The van der Waals surface area contributed by atoms with Gasteiger partial charge in [0, 0.05) is 24.2 Å². The van der Waals surface area contributed by atoms with Gasteiger partial charge in [0.15, 0.2) is 0 Å². The van der Waals surface area contributed by atoms with Crippen LogP contribution < -0.4 is 0 Å². The molecule has 0 saturated carbocycles. The Bertz CT molecular complexity index is 835. The average molecular weight is 340 g/mol. The molecular formula is C18H16N2O5. The van der Waals surface area contributed by atoms with Crippen molar-refractivity contribution < 1.29 is 19.2 Å². The lowest BCUT2D eigenvalue weighted by Gasteiger charge is -2.41. The largest absolute Gasteiger partial charge is 0.465 e. The van der Waals surface area contributed by atoms with E-state index in [0.717, 1.165) is 18.1 Å². The summed E-state index contributed by atoms with van der Waals surface area (Å²) >= 11 is 0. The van der Waals surface area contributed by atoms with E-state index in [1.807, 2.05) is 30.3 Å². The summed E-state index contributed by atoms with van der Waals surface area (Å²) in [6.45, 7) is 0.564. The van der Waals surface area contributed by atoms with Crippen molar-refractivity contribution in [3.05, 3.63) is 75.3 Å². The summed E-state index contributed by atoms with van der Waals surface area (Å²) in [6, 6.07) is 13.2. The fourth-order valence-electron chi connectivity index (χ4n) is 2.89. The normalized spacial score (nSPS) is 16.0. The highest BCUT2D eigenvalue weighted by atomic mass is 16.6. The molecule has 2 aromatic carbocycles. The number of methoxy groups -OCH3 is 1. The number of benzene rings is 2. The number of amides is 1. The van der Waals surface area contributed by atoms with E-state index in [9.17, 15) is 19.7 Å². The van der Waals surface area contributed by atoms with Gasteiger partial charge in [-0.25, -0.2) is 4.79 Å². The Morgan fingerprint density at radius 3 is 2.40 bits per heavy atom. The fourth-order valence-corrected chi connectivity index (χ4v) is 2.89. The predicted octanol–water partition coefficient (Wildman–Crippen LogP) is 2.97. The van der Waals surface area contributed by atoms with Crippen molar-refractivity contribution >= 4 is 17.6 Å². The molecule has 1 fully saturated rings. The topological polar surface area (TPSA) is 89.8 Å². The van der Waals surface area contributed by atoms with Crippen molar-refractivity contribution in [1.29, 1.82) is 0 Å². The highest BCUT2D eigenvalue weighted by Crippen LogP contribution is 2.34. The van der Waals surface area contributed by atoms with E-state index in [1.165, 1.54) is 19.2 Å². The van der Waals surface area contributed by atoms with Crippen LogP contribution in [0, 0.1) is 10.1 Å². The number of nitro benzene ring substituents is 1. The minimum Gasteiger partial charge on any atom is -0.465 e. The number of rotatable bonds is 4. The number of non-ortho nitro benzene ring substituents is 1. The highest BCUT2D eigenvalue weighted by molar-refractivity contribution is 5.99. The maximum atomic E-state index is 12.8. The van der Waals surface area contributed by atoms with Crippen LogP contribution >= 0.6 is 0 Å². The summed E-state index contributed by atoms with van der Waals surface area (Å²) in [5, 5.41) is 11.1. The van der Waals surface area contributed by atoms with Gasteiger partial charge in [0.1, 0.15) is 0 Å². The van der Waals surface area contributed by atoms with Gasteiger partial charge in [-0.2, -0.15) is 0 Å². The van der Waals surface area contributed by atoms with Gasteiger partial charge >= 0.3 is 5.97 Å². The minimum atomic E-state index is -0.721. The van der Waals surface area contributed by atoms with Crippen molar-refractivity contribution in [1.82, 2.24) is 4.90 Å². The molecule has 0 aliphatic carbocycles. The second-order valence-electron chi connectivity index (χ2n) is 5.73. The van der Waals surface area contributed by atoms with Gasteiger partial charge in [-0.05, 0) is 18.1 Å². The Hall–Kier alpha value is -3.22. The zero-order chi connectivity index (χ0) is 18.0. The molecule has 1 saturated heterocycles. The molecule has 25 heavy (non-hydrogen) atoms. The predicted molar refractivity (Wildman–Crippen MR) is 89.3 cm³/mol. The molecule has 0 unspecified atom stereocenters. The molecule has 3 rings (SSSR count). The molecule has 0 N–H and O–H groups in total. The van der Waals surface area contributed by atoms with Crippen LogP contribution in [0.5, 0.6) is 0 Å². The van der Waals surface area contributed by atoms with Gasteiger partial charge in [0.05, 0.1) is 23.6 Å². The average Bonchev–Trinajstić information content (AvgIpc) is 2.60. The number of hydrogen-bond acceptors (Lipinski definition) is 5. The van der Waals surface area contributed by atoms with Crippen LogP contribution in [0.4, 0.5) is 5.69 Å². The van der Waals surface area contributed by atoms with Crippen molar-refractivity contribution in [2.75, 3.05) is 13.7 Å². The van der Waals surface area contributed by atoms with E-state index in [4.69, 9.17) is 0 Å². The van der Waals surface area contributed by atoms with Gasteiger partial charge in [-0.1, -0.05) is 30.3 Å². The minimum absolute atomic E-state index is 0.0168. The van der Waals surface area contributed by atoms with Gasteiger partial charge in [-0.3, -0.25) is 14.9 Å². The summed E-state index contributed by atoms with van der Waals surface area (Å²) < 4.78 is 4.61. The first-order valence-electron chi connectivity index (χ1n) is 7.75. The fraction of sp³-hybridized carbons (Fsp3) is 0.222. The molecule has 128 valence electrons. The Kier molecular flexibility index (Phi) is 4.47. The maximum absolute atomic E-state index is 12.8. The molecule has 0 spiro atoms. The van der Waals surface area contributed by atoms with E-state index in [2.05, 4.69) is 4.74 Å². The summed E-state index contributed by atoms with van der Waals surface area (Å²) in [7, 11) is 1.18. The van der Waals surface area contributed by atoms with E-state index in [0.29, 0.717) is 6.54 Å². The molecule has 1 heterocycles. The molecule has 0 radical (unpaired) electrons. The van der Waals surface area contributed by atoms with Crippen LogP contribution in [-0.2, 0) is 4.74 Å². The molecule has 7 nitrogen and oxygen atoms in total.